The first-order valence-corrected chi connectivity index (χ1v) is 7.11. The summed E-state index contributed by atoms with van der Waals surface area (Å²) in [5.74, 6) is 0.861. The van der Waals surface area contributed by atoms with Crippen LogP contribution < -0.4 is 10.5 Å². The summed E-state index contributed by atoms with van der Waals surface area (Å²) < 4.78 is 6.36. The van der Waals surface area contributed by atoms with Gasteiger partial charge in [-0.2, -0.15) is 0 Å². The number of nitrogens with zero attached hydrogens (tertiary/aromatic N) is 1. The second-order valence-electron chi connectivity index (χ2n) is 4.01. The largest absolute Gasteiger partial charge is 0.497 e. The quantitative estimate of drug-likeness (QED) is 0.771. The van der Waals surface area contributed by atoms with Crippen LogP contribution in [0.1, 0.15) is 5.56 Å². The minimum atomic E-state index is 0.833. The van der Waals surface area contributed by atoms with Gasteiger partial charge in [-0.15, -0.1) is 22.7 Å². The van der Waals surface area contributed by atoms with Gasteiger partial charge in [0.05, 0.1) is 27.2 Å². The summed E-state index contributed by atoms with van der Waals surface area (Å²) in [5, 5.41) is 1.86. The summed E-state index contributed by atoms with van der Waals surface area (Å²) in [7, 11) is 1.67. The van der Waals surface area contributed by atoms with Crippen LogP contribution in [0.15, 0.2) is 24.3 Å². The molecule has 2 heterocycles. The molecule has 92 valence electrons. The number of fused-ring (bicyclic) bond motifs is 1. The van der Waals surface area contributed by atoms with E-state index in [1.807, 2.05) is 24.3 Å². The normalized spacial score (nSPS) is 11.0. The molecule has 0 atom stereocenters. The molecule has 0 bridgehead atoms. The van der Waals surface area contributed by atoms with Crippen molar-refractivity contribution in [2.45, 2.75) is 6.92 Å². The molecule has 3 nitrogen and oxygen atoms in total. The lowest BCUT2D eigenvalue weighted by molar-refractivity contribution is 0.415. The molecule has 0 aliphatic heterocycles. The van der Waals surface area contributed by atoms with Crippen molar-refractivity contribution < 1.29 is 4.74 Å². The van der Waals surface area contributed by atoms with Gasteiger partial charge in [-0.1, -0.05) is 0 Å². The lowest BCUT2D eigenvalue weighted by Crippen LogP contribution is -1.80. The third-order valence-electron chi connectivity index (χ3n) is 2.73. The Bertz CT molecular complexity index is 715. The first-order valence-electron chi connectivity index (χ1n) is 5.48. The van der Waals surface area contributed by atoms with Gasteiger partial charge in [0.25, 0.3) is 0 Å². The zero-order valence-electron chi connectivity index (χ0n) is 10.1. The van der Waals surface area contributed by atoms with Crippen molar-refractivity contribution in [2.75, 3.05) is 12.8 Å². The van der Waals surface area contributed by atoms with Crippen molar-refractivity contribution in [3.63, 3.8) is 0 Å². The molecule has 0 spiro atoms. The molecule has 1 aromatic carbocycles. The lowest BCUT2D eigenvalue weighted by Gasteiger charge is -1.96. The zero-order valence-corrected chi connectivity index (χ0v) is 11.7. The van der Waals surface area contributed by atoms with E-state index < -0.39 is 0 Å². The molecule has 0 aliphatic rings. The highest BCUT2D eigenvalue weighted by atomic mass is 32.1. The fraction of sp³-hybridized carbons (Fsp3) is 0.154. The molecule has 5 heteroatoms. The van der Waals surface area contributed by atoms with E-state index in [1.54, 1.807) is 29.8 Å². The number of rotatable bonds is 2. The summed E-state index contributed by atoms with van der Waals surface area (Å²) in [6.07, 6.45) is 0. The second kappa shape index (κ2) is 4.26. The van der Waals surface area contributed by atoms with Gasteiger partial charge in [-0.05, 0) is 36.8 Å². The van der Waals surface area contributed by atoms with Crippen molar-refractivity contribution in [3.8, 4) is 15.6 Å². The number of aromatic nitrogens is 1. The molecular weight excluding hydrogens is 264 g/mol. The van der Waals surface area contributed by atoms with Crippen LogP contribution in [-0.2, 0) is 0 Å². The van der Waals surface area contributed by atoms with Gasteiger partial charge in [0.2, 0.25) is 0 Å². The van der Waals surface area contributed by atoms with Gasteiger partial charge in [0, 0.05) is 0 Å². The van der Waals surface area contributed by atoms with Crippen LogP contribution in [0.2, 0.25) is 0 Å². The van der Waals surface area contributed by atoms with Crippen molar-refractivity contribution in [2.24, 2.45) is 0 Å². The zero-order chi connectivity index (χ0) is 12.7. The maximum Gasteiger partial charge on any atom is 0.134 e. The molecule has 0 amide bonds. The lowest BCUT2D eigenvalue weighted by atomic mass is 10.3. The van der Waals surface area contributed by atoms with Crippen LogP contribution >= 0.6 is 22.7 Å². The molecule has 0 aliphatic carbocycles. The molecule has 0 saturated heterocycles. The average Bonchev–Trinajstić information content (AvgIpc) is 2.90. The Morgan fingerprint density at radius 2 is 2.06 bits per heavy atom. The van der Waals surface area contributed by atoms with Gasteiger partial charge in [0.1, 0.15) is 10.8 Å². The highest BCUT2D eigenvalue weighted by Crippen LogP contribution is 2.38. The number of hydrogen-bond acceptors (Lipinski definition) is 5. The minimum Gasteiger partial charge on any atom is -0.497 e. The van der Waals surface area contributed by atoms with Crippen LogP contribution in [0.3, 0.4) is 0 Å². The number of anilines is 1. The van der Waals surface area contributed by atoms with E-state index in [4.69, 9.17) is 10.5 Å². The van der Waals surface area contributed by atoms with Crippen LogP contribution in [-0.4, -0.2) is 12.1 Å². The number of methoxy groups -OCH3 is 1. The number of hydrogen-bond donors (Lipinski definition) is 1. The molecule has 3 aromatic rings. The molecule has 0 saturated carbocycles. The van der Waals surface area contributed by atoms with Gasteiger partial charge in [-0.25, -0.2) is 4.98 Å². The first-order chi connectivity index (χ1) is 8.67. The summed E-state index contributed by atoms with van der Waals surface area (Å²) in [6, 6.07) is 7.93. The highest BCUT2D eigenvalue weighted by Gasteiger charge is 2.12. The number of nitrogen functional groups attached to an aromatic ring is 1. The molecule has 0 radical (unpaired) electrons. The van der Waals surface area contributed by atoms with Gasteiger partial charge in [-0.3, -0.25) is 0 Å². The summed E-state index contributed by atoms with van der Waals surface area (Å²) in [5.41, 5.74) is 8.02. The molecule has 2 aromatic heterocycles. The van der Waals surface area contributed by atoms with E-state index in [-0.39, 0.29) is 0 Å². The van der Waals surface area contributed by atoms with E-state index in [2.05, 4.69) is 11.9 Å². The van der Waals surface area contributed by atoms with E-state index in [1.165, 1.54) is 5.56 Å². The minimum absolute atomic E-state index is 0.833. The number of thiophene rings is 1. The Morgan fingerprint density at radius 3 is 2.72 bits per heavy atom. The van der Waals surface area contributed by atoms with Crippen LogP contribution in [0.5, 0.6) is 5.75 Å². The fourth-order valence-electron chi connectivity index (χ4n) is 1.85. The monoisotopic (exact) mass is 276 g/mol. The molecule has 0 fully saturated rings. The summed E-state index contributed by atoms with van der Waals surface area (Å²) >= 11 is 3.26. The average molecular weight is 276 g/mol. The van der Waals surface area contributed by atoms with E-state index in [9.17, 15) is 0 Å². The van der Waals surface area contributed by atoms with Crippen molar-refractivity contribution >= 4 is 37.9 Å². The SMILES string of the molecule is COc1ccc2nc(-c3sc(N)cc3C)sc2c1. The maximum absolute atomic E-state index is 5.83. The van der Waals surface area contributed by atoms with Crippen molar-refractivity contribution in [1.82, 2.24) is 4.98 Å². The highest BCUT2D eigenvalue weighted by molar-refractivity contribution is 7.26. The Labute approximate surface area is 113 Å². The number of aryl methyl sites for hydroxylation is 1. The van der Waals surface area contributed by atoms with Gasteiger partial charge < -0.3 is 10.5 Å². The van der Waals surface area contributed by atoms with E-state index in [0.29, 0.717) is 0 Å². The molecular formula is C13H12N2OS2. The maximum atomic E-state index is 5.83. The molecule has 2 N–H and O–H groups in total. The predicted molar refractivity (Wildman–Crippen MR) is 78.6 cm³/mol. The van der Waals surface area contributed by atoms with E-state index in [0.717, 1.165) is 30.9 Å². The van der Waals surface area contributed by atoms with Crippen molar-refractivity contribution in [3.05, 3.63) is 29.8 Å². The summed E-state index contributed by atoms with van der Waals surface area (Å²) in [6.45, 7) is 2.06. The molecule has 18 heavy (non-hydrogen) atoms. The Kier molecular flexibility index (Phi) is 2.72. The Morgan fingerprint density at radius 1 is 1.22 bits per heavy atom. The van der Waals surface area contributed by atoms with E-state index >= 15 is 0 Å². The molecule has 3 rings (SSSR count). The third-order valence-corrected chi connectivity index (χ3v) is 4.96. The smallest absolute Gasteiger partial charge is 0.134 e. The Balaban J connectivity index is 2.16. The number of ether oxygens (including phenoxy) is 1. The summed E-state index contributed by atoms with van der Waals surface area (Å²) in [4.78, 5) is 5.81. The number of benzene rings is 1. The second-order valence-corrected chi connectivity index (χ2v) is 6.13. The molecule has 0 unspecified atom stereocenters. The third kappa shape index (κ3) is 1.85. The van der Waals surface area contributed by atoms with Gasteiger partial charge in [0.15, 0.2) is 0 Å². The van der Waals surface area contributed by atoms with Crippen molar-refractivity contribution in [1.29, 1.82) is 0 Å². The number of thiazole rings is 1. The van der Waals surface area contributed by atoms with Gasteiger partial charge >= 0.3 is 0 Å². The predicted octanol–water partition coefficient (Wildman–Crippen LogP) is 3.92. The van der Waals surface area contributed by atoms with Crippen LogP contribution in [0, 0.1) is 6.92 Å². The Hall–Kier alpha value is -1.59. The van der Waals surface area contributed by atoms with Crippen LogP contribution in [0.25, 0.3) is 20.1 Å². The standard InChI is InChI=1S/C13H12N2OS2/c1-7-5-11(14)18-12(7)13-15-9-4-3-8(16-2)6-10(9)17-13/h3-6H,14H2,1-2H3. The number of nitrogens with two attached hydrogens (primary N) is 1. The van der Waals surface area contributed by atoms with Crippen LogP contribution in [0.4, 0.5) is 5.00 Å². The topological polar surface area (TPSA) is 48.1 Å². The first kappa shape index (κ1) is 11.5. The fourth-order valence-corrected chi connectivity index (χ4v) is 3.92.